The fourth-order valence-electron chi connectivity index (χ4n) is 2.16. The van der Waals surface area contributed by atoms with Gasteiger partial charge in [0.15, 0.2) is 17.3 Å². The Labute approximate surface area is 142 Å². The van der Waals surface area contributed by atoms with Crippen LogP contribution >= 0.6 is 0 Å². The second-order valence-corrected chi connectivity index (χ2v) is 5.18. The average molecular weight is 326 g/mol. The molecule has 0 aromatic heterocycles. The van der Waals surface area contributed by atoms with Crippen LogP contribution in [-0.2, 0) is 0 Å². The number of ketones is 1. The van der Waals surface area contributed by atoms with E-state index in [0.29, 0.717) is 23.7 Å². The van der Waals surface area contributed by atoms with E-state index < -0.39 is 0 Å². The molecule has 126 valence electrons. The highest BCUT2D eigenvalue weighted by atomic mass is 16.5. The molecule has 2 aromatic carbocycles. The molecule has 0 atom stereocenters. The van der Waals surface area contributed by atoms with Crippen LogP contribution in [0.3, 0.4) is 0 Å². The average Bonchev–Trinajstić information content (AvgIpc) is 2.64. The van der Waals surface area contributed by atoms with Gasteiger partial charge in [-0.2, -0.15) is 0 Å². The first kappa shape index (κ1) is 17.6. The van der Waals surface area contributed by atoms with E-state index >= 15 is 0 Å². The van der Waals surface area contributed by atoms with Gasteiger partial charge in [-0.25, -0.2) is 0 Å². The van der Waals surface area contributed by atoms with Gasteiger partial charge in [-0.3, -0.25) is 4.79 Å². The SMILES string of the molecule is CCCOc1ccc(C(=O)/C=C/c2ccc(OC)c(OC)c2)cc1. The molecule has 0 bridgehead atoms. The van der Waals surface area contributed by atoms with Crippen molar-refractivity contribution in [3.8, 4) is 17.2 Å². The van der Waals surface area contributed by atoms with Crippen LogP contribution in [0.1, 0.15) is 29.3 Å². The van der Waals surface area contributed by atoms with Crippen molar-refractivity contribution in [2.45, 2.75) is 13.3 Å². The molecule has 2 aromatic rings. The largest absolute Gasteiger partial charge is 0.494 e. The maximum absolute atomic E-state index is 12.2. The number of benzene rings is 2. The fraction of sp³-hybridized carbons (Fsp3) is 0.250. The summed E-state index contributed by atoms with van der Waals surface area (Å²) in [6.07, 6.45) is 4.25. The van der Waals surface area contributed by atoms with Gasteiger partial charge in [-0.05, 0) is 54.5 Å². The standard InChI is InChI=1S/C20H22O4/c1-4-13-24-17-9-7-16(8-10-17)18(21)11-5-15-6-12-19(22-2)20(14-15)23-3/h5-12,14H,4,13H2,1-3H3/b11-5+. The number of hydrogen-bond donors (Lipinski definition) is 0. The van der Waals surface area contributed by atoms with E-state index in [1.807, 2.05) is 30.3 Å². The molecule has 24 heavy (non-hydrogen) atoms. The molecule has 0 radical (unpaired) electrons. The predicted molar refractivity (Wildman–Crippen MR) is 95.1 cm³/mol. The van der Waals surface area contributed by atoms with E-state index in [-0.39, 0.29) is 5.78 Å². The molecule has 4 nitrogen and oxygen atoms in total. The molecule has 2 rings (SSSR count). The van der Waals surface area contributed by atoms with Crippen LogP contribution in [0, 0.1) is 0 Å². The van der Waals surface area contributed by atoms with E-state index in [0.717, 1.165) is 17.7 Å². The summed E-state index contributed by atoms with van der Waals surface area (Å²) >= 11 is 0. The molecule has 4 heteroatoms. The summed E-state index contributed by atoms with van der Waals surface area (Å²) in [5, 5.41) is 0. The lowest BCUT2D eigenvalue weighted by Crippen LogP contribution is -1.97. The van der Waals surface area contributed by atoms with Crippen molar-refractivity contribution in [2.75, 3.05) is 20.8 Å². The third-order valence-electron chi connectivity index (χ3n) is 3.45. The van der Waals surface area contributed by atoms with Gasteiger partial charge in [0.2, 0.25) is 0 Å². The number of allylic oxidation sites excluding steroid dienone is 1. The van der Waals surface area contributed by atoms with Crippen molar-refractivity contribution in [1.82, 2.24) is 0 Å². The first-order valence-corrected chi connectivity index (χ1v) is 7.85. The van der Waals surface area contributed by atoms with Gasteiger partial charge in [-0.15, -0.1) is 0 Å². The minimum atomic E-state index is -0.0631. The topological polar surface area (TPSA) is 44.8 Å². The molecule has 0 saturated heterocycles. The van der Waals surface area contributed by atoms with E-state index in [4.69, 9.17) is 14.2 Å². The van der Waals surface area contributed by atoms with Gasteiger partial charge in [-0.1, -0.05) is 19.1 Å². The Morgan fingerprint density at radius 3 is 2.33 bits per heavy atom. The second-order valence-electron chi connectivity index (χ2n) is 5.18. The number of methoxy groups -OCH3 is 2. The highest BCUT2D eigenvalue weighted by Crippen LogP contribution is 2.28. The van der Waals surface area contributed by atoms with Crippen molar-refractivity contribution < 1.29 is 19.0 Å². The summed E-state index contributed by atoms with van der Waals surface area (Å²) in [4.78, 5) is 12.2. The maximum Gasteiger partial charge on any atom is 0.185 e. The summed E-state index contributed by atoms with van der Waals surface area (Å²) < 4.78 is 16.0. The van der Waals surface area contributed by atoms with E-state index in [2.05, 4.69) is 6.92 Å². The number of rotatable bonds is 8. The molecule has 0 N–H and O–H groups in total. The Balaban J connectivity index is 2.07. The fourth-order valence-corrected chi connectivity index (χ4v) is 2.16. The summed E-state index contributed by atoms with van der Waals surface area (Å²) in [5.41, 5.74) is 1.49. The van der Waals surface area contributed by atoms with Crippen LogP contribution < -0.4 is 14.2 Å². The quantitative estimate of drug-likeness (QED) is 0.533. The van der Waals surface area contributed by atoms with Gasteiger partial charge < -0.3 is 14.2 Å². The van der Waals surface area contributed by atoms with Gasteiger partial charge in [0, 0.05) is 5.56 Å². The monoisotopic (exact) mass is 326 g/mol. The Morgan fingerprint density at radius 2 is 1.71 bits per heavy atom. The van der Waals surface area contributed by atoms with Crippen LogP contribution in [0.5, 0.6) is 17.2 Å². The third kappa shape index (κ3) is 4.62. The van der Waals surface area contributed by atoms with Gasteiger partial charge in [0.25, 0.3) is 0 Å². The molecular weight excluding hydrogens is 304 g/mol. The van der Waals surface area contributed by atoms with Crippen LogP contribution in [0.25, 0.3) is 6.08 Å². The van der Waals surface area contributed by atoms with Crippen LogP contribution in [-0.4, -0.2) is 26.6 Å². The second kappa shape index (κ2) is 8.77. The Bertz CT molecular complexity index is 702. The summed E-state index contributed by atoms with van der Waals surface area (Å²) in [5.74, 6) is 2.00. The van der Waals surface area contributed by atoms with Gasteiger partial charge >= 0.3 is 0 Å². The van der Waals surface area contributed by atoms with Crippen molar-refractivity contribution >= 4 is 11.9 Å². The highest BCUT2D eigenvalue weighted by molar-refractivity contribution is 6.06. The Morgan fingerprint density at radius 1 is 1.00 bits per heavy atom. The van der Waals surface area contributed by atoms with E-state index in [9.17, 15) is 4.79 Å². The van der Waals surface area contributed by atoms with Crippen molar-refractivity contribution in [3.63, 3.8) is 0 Å². The zero-order valence-electron chi connectivity index (χ0n) is 14.2. The minimum Gasteiger partial charge on any atom is -0.494 e. The number of ether oxygens (including phenoxy) is 3. The summed E-state index contributed by atoms with van der Waals surface area (Å²) in [6.45, 7) is 2.73. The van der Waals surface area contributed by atoms with Crippen molar-refractivity contribution in [3.05, 3.63) is 59.7 Å². The Kier molecular flexibility index (Phi) is 6.43. The lowest BCUT2D eigenvalue weighted by molar-refractivity contribution is 0.104. The predicted octanol–water partition coefficient (Wildman–Crippen LogP) is 4.39. The zero-order valence-corrected chi connectivity index (χ0v) is 14.2. The first-order valence-electron chi connectivity index (χ1n) is 7.85. The molecule has 0 saturated carbocycles. The molecule has 0 unspecified atom stereocenters. The van der Waals surface area contributed by atoms with Crippen LogP contribution in [0.2, 0.25) is 0 Å². The maximum atomic E-state index is 12.2. The molecule has 0 fully saturated rings. The normalized spacial score (nSPS) is 10.6. The number of hydrogen-bond acceptors (Lipinski definition) is 4. The smallest absolute Gasteiger partial charge is 0.185 e. The molecule has 0 heterocycles. The van der Waals surface area contributed by atoms with E-state index in [1.54, 1.807) is 38.5 Å². The molecule has 0 aliphatic heterocycles. The summed E-state index contributed by atoms with van der Waals surface area (Å²) in [6, 6.07) is 12.7. The molecule has 0 aliphatic carbocycles. The molecule has 0 aliphatic rings. The number of carbonyl (C=O) groups is 1. The molecule has 0 amide bonds. The number of carbonyl (C=O) groups excluding carboxylic acids is 1. The zero-order chi connectivity index (χ0) is 17.4. The molecular formula is C20H22O4. The third-order valence-corrected chi connectivity index (χ3v) is 3.45. The lowest BCUT2D eigenvalue weighted by atomic mass is 10.1. The summed E-state index contributed by atoms with van der Waals surface area (Å²) in [7, 11) is 3.17. The van der Waals surface area contributed by atoms with Crippen LogP contribution in [0.15, 0.2) is 48.5 Å². The Hall–Kier alpha value is -2.75. The van der Waals surface area contributed by atoms with Gasteiger partial charge in [0.05, 0.1) is 20.8 Å². The van der Waals surface area contributed by atoms with E-state index in [1.165, 1.54) is 0 Å². The van der Waals surface area contributed by atoms with Gasteiger partial charge in [0.1, 0.15) is 5.75 Å². The minimum absolute atomic E-state index is 0.0631. The lowest BCUT2D eigenvalue weighted by Gasteiger charge is -2.07. The van der Waals surface area contributed by atoms with Crippen LogP contribution in [0.4, 0.5) is 0 Å². The van der Waals surface area contributed by atoms with Crippen molar-refractivity contribution in [2.24, 2.45) is 0 Å². The van der Waals surface area contributed by atoms with Crippen molar-refractivity contribution in [1.29, 1.82) is 0 Å². The first-order chi connectivity index (χ1) is 11.7. The highest BCUT2D eigenvalue weighted by Gasteiger charge is 2.05. The molecule has 0 spiro atoms.